The van der Waals surface area contributed by atoms with Crippen LogP contribution in [0.1, 0.15) is 37.3 Å². The molecule has 2 aromatic rings. The van der Waals surface area contributed by atoms with E-state index in [9.17, 15) is 9.18 Å². The molecule has 1 N–H and O–H groups in total. The van der Waals surface area contributed by atoms with Crippen molar-refractivity contribution in [1.82, 2.24) is 9.97 Å². The largest absolute Gasteiger partial charge is 0.306 e. The molecule has 1 aromatic carbocycles. The molecule has 1 heterocycles. The van der Waals surface area contributed by atoms with E-state index in [0.29, 0.717) is 25.3 Å². The van der Waals surface area contributed by atoms with Crippen molar-refractivity contribution in [2.75, 3.05) is 0 Å². The summed E-state index contributed by atoms with van der Waals surface area (Å²) in [6, 6.07) is 4.38. The SMILES string of the molecule is O=c1[nH]c(-c2cc(F)ccc2Br)nc(C2CCCC2)c1I. The zero-order valence-corrected chi connectivity index (χ0v) is 14.9. The monoisotopic (exact) mass is 462 g/mol. The molecule has 21 heavy (non-hydrogen) atoms. The van der Waals surface area contributed by atoms with Gasteiger partial charge in [0.1, 0.15) is 11.6 Å². The Morgan fingerprint density at radius 2 is 2.05 bits per heavy atom. The third kappa shape index (κ3) is 3.06. The van der Waals surface area contributed by atoms with Crippen LogP contribution in [0.5, 0.6) is 0 Å². The molecule has 0 aliphatic heterocycles. The fourth-order valence-corrected chi connectivity index (χ4v) is 3.88. The first-order chi connectivity index (χ1) is 10.1. The predicted octanol–water partition coefficient (Wildman–Crippen LogP) is 4.60. The fourth-order valence-electron chi connectivity index (χ4n) is 2.75. The van der Waals surface area contributed by atoms with Gasteiger partial charge in [-0.25, -0.2) is 9.37 Å². The first-order valence-electron chi connectivity index (χ1n) is 6.81. The Bertz CT molecular complexity index is 741. The molecular formula is C15H13BrFIN2O. The Labute approximate surface area is 143 Å². The minimum atomic E-state index is -0.350. The Morgan fingerprint density at radius 1 is 1.33 bits per heavy atom. The van der Waals surface area contributed by atoms with Gasteiger partial charge >= 0.3 is 0 Å². The van der Waals surface area contributed by atoms with Crippen molar-refractivity contribution in [2.24, 2.45) is 0 Å². The summed E-state index contributed by atoms with van der Waals surface area (Å²) in [4.78, 5) is 19.6. The van der Waals surface area contributed by atoms with Crippen molar-refractivity contribution >= 4 is 38.5 Å². The normalized spacial score (nSPS) is 15.6. The highest BCUT2D eigenvalue weighted by Gasteiger charge is 2.23. The summed E-state index contributed by atoms with van der Waals surface area (Å²) in [5.41, 5.74) is 1.27. The van der Waals surface area contributed by atoms with Crippen LogP contribution in [0.2, 0.25) is 0 Å². The van der Waals surface area contributed by atoms with Crippen LogP contribution in [-0.4, -0.2) is 9.97 Å². The molecule has 1 saturated carbocycles. The molecule has 1 aromatic heterocycles. The van der Waals surface area contributed by atoms with E-state index in [1.807, 2.05) is 0 Å². The highest BCUT2D eigenvalue weighted by molar-refractivity contribution is 14.1. The minimum absolute atomic E-state index is 0.154. The molecule has 0 radical (unpaired) electrons. The molecule has 1 fully saturated rings. The van der Waals surface area contributed by atoms with Gasteiger partial charge < -0.3 is 4.98 Å². The van der Waals surface area contributed by atoms with Gasteiger partial charge in [-0.2, -0.15) is 0 Å². The van der Waals surface area contributed by atoms with Crippen LogP contribution in [0.3, 0.4) is 0 Å². The summed E-state index contributed by atoms with van der Waals surface area (Å²) in [7, 11) is 0. The van der Waals surface area contributed by atoms with Gasteiger partial charge in [0.15, 0.2) is 0 Å². The minimum Gasteiger partial charge on any atom is -0.306 e. The van der Waals surface area contributed by atoms with Crippen molar-refractivity contribution in [3.05, 3.63) is 48.1 Å². The molecule has 6 heteroatoms. The summed E-state index contributed by atoms with van der Waals surface area (Å²) < 4.78 is 14.8. The first kappa shape index (κ1) is 15.1. The first-order valence-corrected chi connectivity index (χ1v) is 8.68. The summed E-state index contributed by atoms with van der Waals surface area (Å²) in [5, 5.41) is 0. The Hall–Kier alpha value is -0.760. The van der Waals surface area contributed by atoms with E-state index in [2.05, 4.69) is 48.5 Å². The predicted molar refractivity (Wildman–Crippen MR) is 91.9 cm³/mol. The molecule has 0 spiro atoms. The maximum Gasteiger partial charge on any atom is 0.264 e. The summed E-state index contributed by atoms with van der Waals surface area (Å²) in [5.74, 6) is 0.413. The van der Waals surface area contributed by atoms with Crippen molar-refractivity contribution in [1.29, 1.82) is 0 Å². The number of nitrogens with zero attached hydrogens (tertiary/aromatic N) is 1. The highest BCUT2D eigenvalue weighted by atomic mass is 127. The number of aromatic amines is 1. The summed E-state index contributed by atoms with van der Waals surface area (Å²) >= 11 is 5.44. The summed E-state index contributed by atoms with van der Waals surface area (Å²) in [6.07, 6.45) is 4.48. The molecular weight excluding hydrogens is 450 g/mol. The maximum atomic E-state index is 13.5. The Balaban J connectivity index is 2.15. The van der Waals surface area contributed by atoms with E-state index in [-0.39, 0.29) is 11.4 Å². The van der Waals surface area contributed by atoms with Crippen LogP contribution in [0, 0.1) is 9.39 Å². The van der Waals surface area contributed by atoms with Crippen LogP contribution in [0.4, 0.5) is 4.39 Å². The highest BCUT2D eigenvalue weighted by Crippen LogP contribution is 2.35. The van der Waals surface area contributed by atoms with E-state index in [1.54, 1.807) is 6.07 Å². The van der Waals surface area contributed by atoms with Gasteiger partial charge in [-0.3, -0.25) is 4.79 Å². The van der Waals surface area contributed by atoms with Crippen molar-refractivity contribution < 1.29 is 4.39 Å². The average molecular weight is 463 g/mol. The molecule has 3 rings (SSSR count). The van der Waals surface area contributed by atoms with Crippen LogP contribution in [0.15, 0.2) is 27.5 Å². The lowest BCUT2D eigenvalue weighted by molar-refractivity contribution is 0.627. The van der Waals surface area contributed by atoms with Crippen LogP contribution in [-0.2, 0) is 0 Å². The van der Waals surface area contributed by atoms with Crippen molar-refractivity contribution in [3.63, 3.8) is 0 Å². The van der Waals surface area contributed by atoms with E-state index < -0.39 is 0 Å². The van der Waals surface area contributed by atoms with Gasteiger partial charge in [0.2, 0.25) is 0 Å². The van der Waals surface area contributed by atoms with E-state index in [4.69, 9.17) is 0 Å². The standard InChI is InChI=1S/C15H13BrFIN2O/c16-11-6-5-9(17)7-10(11)14-19-13(8-3-1-2-4-8)12(18)15(21)20-14/h5-8H,1-4H2,(H,19,20,21). The quantitative estimate of drug-likeness (QED) is 0.663. The molecule has 1 aliphatic carbocycles. The number of rotatable bonds is 2. The number of halogens is 3. The topological polar surface area (TPSA) is 45.8 Å². The van der Waals surface area contributed by atoms with Crippen molar-refractivity contribution in [2.45, 2.75) is 31.6 Å². The molecule has 110 valence electrons. The van der Waals surface area contributed by atoms with Gasteiger partial charge in [0.25, 0.3) is 5.56 Å². The van der Waals surface area contributed by atoms with Gasteiger partial charge in [-0.1, -0.05) is 28.8 Å². The van der Waals surface area contributed by atoms with E-state index >= 15 is 0 Å². The molecule has 0 saturated heterocycles. The lowest BCUT2D eigenvalue weighted by Crippen LogP contribution is -2.18. The maximum absolute atomic E-state index is 13.5. The lowest BCUT2D eigenvalue weighted by atomic mass is 10.0. The molecule has 0 bridgehead atoms. The molecule has 3 nitrogen and oxygen atoms in total. The number of hydrogen-bond donors (Lipinski definition) is 1. The number of H-pyrrole nitrogens is 1. The Morgan fingerprint density at radius 3 is 2.76 bits per heavy atom. The number of nitrogens with one attached hydrogen (secondary N) is 1. The van der Waals surface area contributed by atoms with Crippen molar-refractivity contribution in [3.8, 4) is 11.4 Å². The second kappa shape index (κ2) is 6.16. The van der Waals surface area contributed by atoms with E-state index in [0.717, 1.165) is 18.5 Å². The van der Waals surface area contributed by atoms with Gasteiger partial charge in [-0.15, -0.1) is 0 Å². The third-order valence-corrected chi connectivity index (χ3v) is 5.55. The second-order valence-corrected chi connectivity index (χ2v) is 7.15. The van der Waals surface area contributed by atoms with Crippen LogP contribution < -0.4 is 5.56 Å². The fraction of sp³-hybridized carbons (Fsp3) is 0.333. The zero-order chi connectivity index (χ0) is 15.0. The molecule has 0 atom stereocenters. The Kier molecular flexibility index (Phi) is 4.44. The molecule has 1 aliphatic rings. The van der Waals surface area contributed by atoms with Gasteiger partial charge in [0, 0.05) is 16.0 Å². The molecule has 0 unspecified atom stereocenters. The number of hydrogen-bond acceptors (Lipinski definition) is 2. The smallest absolute Gasteiger partial charge is 0.264 e. The number of aromatic nitrogens is 2. The third-order valence-electron chi connectivity index (χ3n) is 3.81. The van der Waals surface area contributed by atoms with Crippen LogP contribution >= 0.6 is 38.5 Å². The van der Waals surface area contributed by atoms with Gasteiger partial charge in [-0.05, 0) is 53.6 Å². The number of benzene rings is 1. The average Bonchev–Trinajstić information content (AvgIpc) is 2.98. The van der Waals surface area contributed by atoms with Crippen LogP contribution in [0.25, 0.3) is 11.4 Å². The zero-order valence-electron chi connectivity index (χ0n) is 11.1. The van der Waals surface area contributed by atoms with Gasteiger partial charge in [0.05, 0.1) is 9.26 Å². The van der Waals surface area contributed by atoms with E-state index in [1.165, 1.54) is 25.0 Å². The lowest BCUT2D eigenvalue weighted by Gasteiger charge is -2.13. The molecule has 0 amide bonds. The second-order valence-electron chi connectivity index (χ2n) is 5.22. The summed E-state index contributed by atoms with van der Waals surface area (Å²) in [6.45, 7) is 0.